The third-order valence-electron chi connectivity index (χ3n) is 7.55. The van der Waals surface area contributed by atoms with Gasteiger partial charge in [-0.25, -0.2) is 0 Å². The Morgan fingerprint density at radius 1 is 0.900 bits per heavy atom. The molecule has 3 heterocycles. The second-order valence-electron chi connectivity index (χ2n) is 10.1. The van der Waals surface area contributed by atoms with Crippen LogP contribution >= 0.6 is 0 Å². The van der Waals surface area contributed by atoms with Gasteiger partial charge in [0, 0.05) is 18.6 Å². The molecule has 0 radical (unpaired) electrons. The highest BCUT2D eigenvalue weighted by Gasteiger charge is 2.51. The van der Waals surface area contributed by atoms with E-state index >= 15 is 0 Å². The average Bonchev–Trinajstić information content (AvgIpc) is 3.08. The fourth-order valence-electron chi connectivity index (χ4n) is 5.01. The molecule has 0 saturated carbocycles. The molecule has 2 bridgehead atoms. The normalized spacial score (nSPS) is 27.3. The van der Waals surface area contributed by atoms with Crippen molar-refractivity contribution in [2.45, 2.75) is 76.8 Å². The highest BCUT2D eigenvalue weighted by molar-refractivity contribution is 6.62. The summed E-state index contributed by atoms with van der Waals surface area (Å²) >= 11 is 0. The Morgan fingerprint density at radius 3 is 2.20 bits per heavy atom. The molecular weight excluding hydrogens is 369 g/mol. The molecule has 3 aliphatic heterocycles. The van der Waals surface area contributed by atoms with E-state index in [2.05, 4.69) is 93.3 Å². The second-order valence-corrected chi connectivity index (χ2v) is 10.1. The Morgan fingerprint density at radius 2 is 1.57 bits per heavy atom. The van der Waals surface area contributed by atoms with Crippen molar-refractivity contribution >= 4 is 18.2 Å². The van der Waals surface area contributed by atoms with Gasteiger partial charge in [0.05, 0.1) is 11.2 Å². The molecule has 2 aromatic carbocycles. The predicted molar refractivity (Wildman–Crippen MR) is 124 cm³/mol. The Kier molecular flexibility index (Phi) is 4.92. The van der Waals surface area contributed by atoms with E-state index in [9.17, 15) is 0 Å². The lowest BCUT2D eigenvalue weighted by molar-refractivity contribution is 0.00578. The molecule has 0 spiro atoms. The van der Waals surface area contributed by atoms with Gasteiger partial charge in [-0.05, 0) is 69.1 Å². The van der Waals surface area contributed by atoms with Gasteiger partial charge in [-0.3, -0.25) is 4.90 Å². The van der Waals surface area contributed by atoms with E-state index in [4.69, 9.17) is 9.31 Å². The molecule has 2 unspecified atom stereocenters. The molecule has 2 saturated heterocycles. The van der Waals surface area contributed by atoms with Gasteiger partial charge in [-0.1, -0.05) is 60.7 Å². The second kappa shape index (κ2) is 7.37. The third kappa shape index (κ3) is 3.55. The van der Waals surface area contributed by atoms with Crippen LogP contribution in [0.4, 0.5) is 0 Å². The van der Waals surface area contributed by atoms with Crippen LogP contribution in [0.25, 0.3) is 5.57 Å². The zero-order valence-corrected chi connectivity index (χ0v) is 18.6. The molecule has 4 heteroatoms. The van der Waals surface area contributed by atoms with Gasteiger partial charge in [0.2, 0.25) is 0 Å². The van der Waals surface area contributed by atoms with Crippen LogP contribution in [0.3, 0.4) is 0 Å². The molecule has 2 aromatic rings. The van der Waals surface area contributed by atoms with Crippen molar-refractivity contribution in [2.75, 3.05) is 0 Å². The molecule has 0 N–H and O–H groups in total. The first-order valence-corrected chi connectivity index (χ1v) is 11.3. The molecule has 3 nitrogen and oxygen atoms in total. The molecule has 2 fully saturated rings. The summed E-state index contributed by atoms with van der Waals surface area (Å²) < 4.78 is 12.4. The van der Waals surface area contributed by atoms with Crippen LogP contribution in [0.15, 0.2) is 60.7 Å². The zero-order valence-electron chi connectivity index (χ0n) is 18.6. The highest BCUT2D eigenvalue weighted by atomic mass is 16.7. The van der Waals surface area contributed by atoms with Gasteiger partial charge >= 0.3 is 7.12 Å². The molecular formula is C26H32BNO2. The van der Waals surface area contributed by atoms with Gasteiger partial charge in [0.25, 0.3) is 0 Å². The summed E-state index contributed by atoms with van der Waals surface area (Å²) in [5.41, 5.74) is 4.74. The Balaban J connectivity index is 1.31. The third-order valence-corrected chi connectivity index (χ3v) is 7.55. The Hall–Kier alpha value is -1.88. The summed E-state index contributed by atoms with van der Waals surface area (Å²) in [6.07, 6.45) is 6.21. The molecule has 0 aliphatic carbocycles. The minimum atomic E-state index is -0.302. The largest absolute Gasteiger partial charge is 0.494 e. The molecule has 2 atom stereocenters. The summed E-state index contributed by atoms with van der Waals surface area (Å²) in [6, 6.07) is 20.9. The summed E-state index contributed by atoms with van der Waals surface area (Å²) in [5, 5.41) is 0. The van der Waals surface area contributed by atoms with Crippen LogP contribution in [-0.4, -0.2) is 35.3 Å². The van der Waals surface area contributed by atoms with Crippen LogP contribution in [0.1, 0.15) is 58.1 Å². The quantitative estimate of drug-likeness (QED) is 0.687. The number of rotatable bonds is 4. The first-order valence-electron chi connectivity index (χ1n) is 11.3. The first kappa shape index (κ1) is 20.1. The highest BCUT2D eigenvalue weighted by Crippen LogP contribution is 2.40. The van der Waals surface area contributed by atoms with Gasteiger partial charge < -0.3 is 9.31 Å². The Bertz CT molecular complexity index is 919. The molecule has 3 aliphatic rings. The van der Waals surface area contributed by atoms with Gasteiger partial charge in [-0.2, -0.15) is 0 Å². The van der Waals surface area contributed by atoms with E-state index < -0.39 is 0 Å². The maximum absolute atomic E-state index is 6.21. The van der Waals surface area contributed by atoms with Crippen molar-refractivity contribution in [3.63, 3.8) is 0 Å². The minimum absolute atomic E-state index is 0.290. The summed E-state index contributed by atoms with van der Waals surface area (Å²) in [4.78, 5) is 2.69. The van der Waals surface area contributed by atoms with Crippen molar-refractivity contribution < 1.29 is 9.31 Å². The summed E-state index contributed by atoms with van der Waals surface area (Å²) in [7, 11) is -0.290. The maximum atomic E-state index is 6.21. The minimum Gasteiger partial charge on any atom is -0.399 e. The topological polar surface area (TPSA) is 21.7 Å². The van der Waals surface area contributed by atoms with Crippen LogP contribution < -0.4 is 5.46 Å². The lowest BCUT2D eigenvalue weighted by atomic mass is 9.78. The van der Waals surface area contributed by atoms with Crippen molar-refractivity contribution in [2.24, 2.45) is 0 Å². The molecule has 156 valence electrons. The SMILES string of the molecule is CC1(C)OB(c2ccc(C3=CC4CCC(C3)N4Cc3ccccc3)cc2)OC1(C)C. The summed E-state index contributed by atoms with van der Waals surface area (Å²) in [6.45, 7) is 9.47. The van der Waals surface area contributed by atoms with Gasteiger partial charge in [0.1, 0.15) is 0 Å². The fraction of sp³-hybridized carbons (Fsp3) is 0.462. The van der Waals surface area contributed by atoms with E-state index in [0.717, 1.165) is 18.4 Å². The van der Waals surface area contributed by atoms with Crippen molar-refractivity contribution in [3.8, 4) is 0 Å². The van der Waals surface area contributed by atoms with E-state index in [-0.39, 0.29) is 18.3 Å². The number of fused-ring (bicyclic) bond motifs is 2. The summed E-state index contributed by atoms with van der Waals surface area (Å²) in [5.74, 6) is 0. The smallest absolute Gasteiger partial charge is 0.399 e. The lowest BCUT2D eigenvalue weighted by Crippen LogP contribution is -2.41. The molecule has 0 amide bonds. The van der Waals surface area contributed by atoms with Crippen molar-refractivity contribution in [3.05, 3.63) is 71.8 Å². The average molecular weight is 401 g/mol. The van der Waals surface area contributed by atoms with E-state index in [1.165, 1.54) is 29.5 Å². The van der Waals surface area contributed by atoms with E-state index in [1.807, 2.05) is 0 Å². The van der Waals surface area contributed by atoms with E-state index in [1.54, 1.807) is 0 Å². The van der Waals surface area contributed by atoms with Crippen molar-refractivity contribution in [1.82, 2.24) is 4.90 Å². The van der Waals surface area contributed by atoms with Gasteiger partial charge in [0.15, 0.2) is 0 Å². The number of benzene rings is 2. The molecule has 30 heavy (non-hydrogen) atoms. The number of hydrogen-bond acceptors (Lipinski definition) is 3. The molecule has 5 rings (SSSR count). The van der Waals surface area contributed by atoms with Crippen LogP contribution in [0.2, 0.25) is 0 Å². The monoisotopic (exact) mass is 401 g/mol. The zero-order chi connectivity index (χ0) is 20.9. The van der Waals surface area contributed by atoms with Crippen LogP contribution in [0, 0.1) is 0 Å². The van der Waals surface area contributed by atoms with Crippen LogP contribution in [0.5, 0.6) is 0 Å². The first-order chi connectivity index (χ1) is 14.3. The molecule has 0 aromatic heterocycles. The van der Waals surface area contributed by atoms with E-state index in [0.29, 0.717) is 12.1 Å². The lowest BCUT2D eigenvalue weighted by Gasteiger charge is -2.34. The van der Waals surface area contributed by atoms with Gasteiger partial charge in [-0.15, -0.1) is 0 Å². The number of nitrogens with zero attached hydrogens (tertiary/aromatic N) is 1. The fourth-order valence-corrected chi connectivity index (χ4v) is 5.01. The van der Waals surface area contributed by atoms with Crippen molar-refractivity contribution in [1.29, 1.82) is 0 Å². The predicted octanol–water partition coefficient (Wildman–Crippen LogP) is 4.81. The standard InChI is InChI=1S/C26H32BNO2/c1-25(2)26(3,4)30-27(29-25)22-12-10-20(11-13-22)21-16-23-14-15-24(17-21)28(23)18-19-8-6-5-7-9-19/h5-13,16,23-24H,14-15,17-18H2,1-4H3. The number of hydrogen-bond donors (Lipinski definition) is 0. The Labute approximate surface area is 181 Å². The van der Waals surface area contributed by atoms with Crippen LogP contribution in [-0.2, 0) is 15.9 Å². The maximum Gasteiger partial charge on any atom is 0.494 e.